The smallest absolute Gasteiger partial charge is 0.400 e. The normalized spacial score (nSPS) is 13.8. The van der Waals surface area contributed by atoms with Gasteiger partial charge in [0.15, 0.2) is 0 Å². The van der Waals surface area contributed by atoms with Gasteiger partial charge in [0.25, 0.3) is 0 Å². The van der Waals surface area contributed by atoms with E-state index in [0.717, 1.165) is 31.9 Å². The third kappa shape index (κ3) is 4.69. The van der Waals surface area contributed by atoms with Crippen LogP contribution in [-0.2, 0) is 12.6 Å². The van der Waals surface area contributed by atoms with Crippen LogP contribution in [0.15, 0.2) is 36.4 Å². The maximum absolute atomic E-state index is 13.6. The number of hydrogen-bond acceptors (Lipinski definition) is 3. The minimum absolute atomic E-state index is 0.125. The van der Waals surface area contributed by atoms with Gasteiger partial charge in [0.2, 0.25) is 0 Å². The van der Waals surface area contributed by atoms with E-state index in [1.54, 1.807) is 18.2 Å². The number of alkyl halides is 3. The zero-order valence-corrected chi connectivity index (χ0v) is 15.0. The van der Waals surface area contributed by atoms with Crippen molar-refractivity contribution in [3.63, 3.8) is 0 Å². The first kappa shape index (κ1) is 20.1. The van der Waals surface area contributed by atoms with E-state index in [0.29, 0.717) is 23.7 Å². The molecule has 0 heterocycles. The lowest BCUT2D eigenvalue weighted by Crippen LogP contribution is -2.14. The van der Waals surface area contributed by atoms with Gasteiger partial charge in [-0.15, -0.1) is 0 Å². The van der Waals surface area contributed by atoms with E-state index < -0.39 is 11.7 Å². The average Bonchev–Trinajstić information content (AvgIpc) is 3.45. The summed E-state index contributed by atoms with van der Waals surface area (Å²) in [5.41, 5.74) is 7.01. The van der Waals surface area contributed by atoms with Crippen molar-refractivity contribution in [2.24, 2.45) is 5.92 Å². The molecular weight excluding hydrogens is 341 g/mol. The summed E-state index contributed by atoms with van der Waals surface area (Å²) in [5.74, 6) is 0.556. The van der Waals surface area contributed by atoms with Gasteiger partial charge in [-0.3, -0.25) is 0 Å². The quantitative estimate of drug-likeness (QED) is 0.657. The van der Waals surface area contributed by atoms with Gasteiger partial charge in [-0.1, -0.05) is 37.3 Å². The molecule has 4 N–H and O–H groups in total. The molecule has 1 saturated carbocycles. The van der Waals surface area contributed by atoms with Gasteiger partial charge in [-0.2, -0.15) is 13.2 Å². The Hall–Kier alpha value is -2.21. The van der Waals surface area contributed by atoms with Crippen molar-refractivity contribution in [1.82, 2.24) is 0 Å². The highest BCUT2D eigenvalue weighted by atomic mass is 19.4. The summed E-state index contributed by atoms with van der Waals surface area (Å²) in [6.07, 6.45) is -1.40. The summed E-state index contributed by atoms with van der Waals surface area (Å²) in [6, 6.07) is 10.3. The Morgan fingerprint density at radius 2 is 1.69 bits per heavy atom. The topological polar surface area (TPSA) is 58.3 Å². The number of aliphatic hydroxyl groups excluding tert-OH is 1. The Morgan fingerprint density at radius 3 is 2.19 bits per heavy atom. The number of aliphatic hydroxyl groups is 1. The highest BCUT2D eigenvalue weighted by Gasteiger charge is 2.37. The van der Waals surface area contributed by atoms with E-state index in [1.165, 1.54) is 6.07 Å². The van der Waals surface area contributed by atoms with Gasteiger partial charge in [-0.05, 0) is 47.9 Å². The van der Waals surface area contributed by atoms with Crippen LogP contribution in [0.1, 0.15) is 30.9 Å². The van der Waals surface area contributed by atoms with Crippen molar-refractivity contribution in [2.75, 3.05) is 24.7 Å². The molecule has 2 aromatic rings. The molecule has 0 saturated heterocycles. The molecule has 2 aromatic carbocycles. The van der Waals surface area contributed by atoms with Crippen molar-refractivity contribution in [3.8, 4) is 11.1 Å². The predicted octanol–water partition coefficient (Wildman–Crippen LogP) is 4.95. The first-order valence-corrected chi connectivity index (χ1v) is 8.67. The van der Waals surface area contributed by atoms with Gasteiger partial charge in [-0.25, -0.2) is 0 Å². The Balaban J connectivity index is 0.00000117. The van der Waals surface area contributed by atoms with Crippen LogP contribution in [0.5, 0.6) is 0 Å². The predicted molar refractivity (Wildman–Crippen MR) is 100 cm³/mol. The maximum atomic E-state index is 13.6. The highest BCUT2D eigenvalue weighted by molar-refractivity contribution is 5.82. The molecule has 0 unspecified atom stereocenters. The first-order chi connectivity index (χ1) is 12.4. The molecule has 3 nitrogen and oxygen atoms in total. The Kier molecular flexibility index (Phi) is 6.53. The zero-order chi connectivity index (χ0) is 19.3. The van der Waals surface area contributed by atoms with Crippen molar-refractivity contribution in [3.05, 3.63) is 47.5 Å². The van der Waals surface area contributed by atoms with Gasteiger partial charge in [0.1, 0.15) is 0 Å². The van der Waals surface area contributed by atoms with Crippen molar-refractivity contribution in [1.29, 1.82) is 0 Å². The van der Waals surface area contributed by atoms with Crippen LogP contribution < -0.4 is 11.1 Å². The minimum atomic E-state index is -4.50. The number of rotatable bonds is 5. The second kappa shape index (κ2) is 8.45. The highest BCUT2D eigenvalue weighted by Crippen LogP contribution is 2.44. The van der Waals surface area contributed by atoms with Crippen molar-refractivity contribution in [2.45, 2.75) is 32.4 Å². The summed E-state index contributed by atoms with van der Waals surface area (Å²) < 4.78 is 40.9. The Bertz CT molecular complexity index is 723. The Morgan fingerprint density at radius 1 is 1.08 bits per heavy atom. The molecule has 0 aliphatic heterocycles. The number of aryl methyl sites for hydroxylation is 1. The second-order valence-corrected chi connectivity index (χ2v) is 6.32. The maximum Gasteiger partial charge on any atom is 0.419 e. The van der Waals surface area contributed by atoms with E-state index in [4.69, 9.17) is 10.8 Å². The molecule has 3 rings (SSSR count). The van der Waals surface area contributed by atoms with Crippen LogP contribution in [0.2, 0.25) is 0 Å². The van der Waals surface area contributed by atoms with Gasteiger partial charge >= 0.3 is 6.18 Å². The lowest BCUT2D eigenvalue weighted by molar-refractivity contribution is -0.136. The molecule has 0 aromatic heterocycles. The summed E-state index contributed by atoms with van der Waals surface area (Å²) in [5, 5.41) is 10.1. The van der Waals surface area contributed by atoms with Gasteiger partial charge < -0.3 is 16.2 Å². The fraction of sp³-hybridized carbons (Fsp3) is 0.400. The lowest BCUT2D eigenvalue weighted by atomic mass is 9.95. The number of benzene rings is 2. The fourth-order valence-corrected chi connectivity index (χ4v) is 2.82. The molecular formula is C20H25F3N2O. The summed E-state index contributed by atoms with van der Waals surface area (Å²) in [7, 11) is 1.00. The number of anilines is 2. The molecule has 0 amide bonds. The largest absolute Gasteiger partial charge is 0.419 e. The van der Waals surface area contributed by atoms with Crippen LogP contribution in [-0.4, -0.2) is 18.8 Å². The number of nitrogens with two attached hydrogens (primary N) is 1. The van der Waals surface area contributed by atoms with Crippen LogP contribution >= 0.6 is 0 Å². The third-order valence-corrected chi connectivity index (χ3v) is 4.48. The summed E-state index contributed by atoms with van der Waals surface area (Å²) in [6.45, 7) is 2.68. The molecule has 0 bridgehead atoms. The number of nitrogen functional groups attached to an aromatic ring is 1. The molecule has 1 fully saturated rings. The first-order valence-electron chi connectivity index (χ1n) is 8.67. The summed E-state index contributed by atoms with van der Waals surface area (Å²) >= 11 is 0. The standard InChI is InChI=1S/C19H21F3N2.CH4O/c1-2-12-5-7-14(8-6-12)15-9-10-16(24-11-13-3-4-13)18(23)17(15)19(20,21)22;1-2/h5-10,13,24H,2-4,11,23H2,1H3;2H,1H3. The average molecular weight is 366 g/mol. The van der Waals surface area contributed by atoms with E-state index >= 15 is 0 Å². The summed E-state index contributed by atoms with van der Waals surface area (Å²) in [4.78, 5) is 0. The third-order valence-electron chi connectivity index (χ3n) is 4.48. The number of hydrogen-bond donors (Lipinski definition) is 3. The fourth-order valence-electron chi connectivity index (χ4n) is 2.82. The van der Waals surface area contributed by atoms with Gasteiger partial charge in [0.05, 0.1) is 16.9 Å². The molecule has 1 aliphatic carbocycles. The monoisotopic (exact) mass is 366 g/mol. The van der Waals surface area contributed by atoms with E-state index in [1.807, 2.05) is 19.1 Å². The van der Waals surface area contributed by atoms with E-state index in [9.17, 15) is 13.2 Å². The Labute approximate surface area is 152 Å². The molecule has 6 heteroatoms. The molecule has 0 radical (unpaired) electrons. The van der Waals surface area contributed by atoms with E-state index in [-0.39, 0.29) is 11.3 Å². The van der Waals surface area contributed by atoms with Gasteiger partial charge in [0, 0.05) is 13.7 Å². The van der Waals surface area contributed by atoms with Crippen molar-refractivity contribution >= 4 is 11.4 Å². The van der Waals surface area contributed by atoms with Crippen molar-refractivity contribution < 1.29 is 18.3 Å². The lowest BCUT2D eigenvalue weighted by Gasteiger charge is -2.19. The number of nitrogens with one attached hydrogen (secondary N) is 1. The molecule has 26 heavy (non-hydrogen) atoms. The molecule has 1 aliphatic rings. The van der Waals surface area contributed by atoms with Crippen LogP contribution in [0.4, 0.5) is 24.5 Å². The van der Waals surface area contributed by atoms with Crippen LogP contribution in [0.25, 0.3) is 11.1 Å². The molecule has 0 spiro atoms. The molecule has 0 atom stereocenters. The number of halogens is 3. The van der Waals surface area contributed by atoms with E-state index in [2.05, 4.69) is 5.32 Å². The molecule has 142 valence electrons. The second-order valence-electron chi connectivity index (χ2n) is 6.32. The zero-order valence-electron chi connectivity index (χ0n) is 15.0. The van der Waals surface area contributed by atoms with Crippen LogP contribution in [0.3, 0.4) is 0 Å². The SMILES string of the molecule is CCc1ccc(-c2ccc(NCC3CC3)c(N)c2C(F)(F)F)cc1.CO. The van der Waals surface area contributed by atoms with Crippen LogP contribution in [0, 0.1) is 5.92 Å². The minimum Gasteiger partial charge on any atom is -0.400 e.